The average molecular weight is 325 g/mol. The number of amides is 1. The summed E-state index contributed by atoms with van der Waals surface area (Å²) in [6, 6.07) is 5.83. The molecule has 0 fully saturated rings. The number of H-pyrrole nitrogens is 2. The molecule has 0 aliphatic heterocycles. The molecule has 0 saturated heterocycles. The molecule has 1 aromatic carbocycles. The summed E-state index contributed by atoms with van der Waals surface area (Å²) in [6.07, 6.45) is 0. The van der Waals surface area contributed by atoms with Crippen molar-refractivity contribution in [1.29, 1.82) is 0 Å². The monoisotopic (exact) mass is 325 g/mol. The number of aromatic nitrogens is 4. The molecule has 1 atom stereocenters. The van der Waals surface area contributed by atoms with Gasteiger partial charge in [-0.05, 0) is 49.9 Å². The second-order valence-corrected chi connectivity index (χ2v) is 6.70. The van der Waals surface area contributed by atoms with Crippen LogP contribution in [0.15, 0.2) is 18.2 Å². The predicted octanol–water partition coefficient (Wildman–Crippen LogP) is 3.34. The van der Waals surface area contributed by atoms with E-state index in [4.69, 9.17) is 0 Å². The number of rotatable bonds is 4. The summed E-state index contributed by atoms with van der Waals surface area (Å²) in [5.74, 6) is 1.38. The molecule has 0 aliphatic rings. The summed E-state index contributed by atoms with van der Waals surface area (Å²) < 4.78 is 0. The Labute approximate surface area is 141 Å². The van der Waals surface area contributed by atoms with Crippen LogP contribution in [0.1, 0.15) is 53.2 Å². The van der Waals surface area contributed by atoms with Gasteiger partial charge in [0.1, 0.15) is 11.5 Å². The Balaban J connectivity index is 1.89. The van der Waals surface area contributed by atoms with Crippen LogP contribution in [-0.2, 0) is 0 Å². The molecule has 126 valence electrons. The Morgan fingerprint density at radius 3 is 2.54 bits per heavy atom. The quantitative estimate of drug-likeness (QED) is 0.687. The Bertz CT molecular complexity index is 890. The number of nitrogens with one attached hydrogen (secondary N) is 3. The lowest BCUT2D eigenvalue weighted by Crippen LogP contribution is -2.32. The van der Waals surface area contributed by atoms with Gasteiger partial charge in [0.25, 0.3) is 5.91 Å². The van der Waals surface area contributed by atoms with Crippen molar-refractivity contribution in [2.45, 2.75) is 40.7 Å². The molecule has 3 aromatic rings. The lowest BCUT2D eigenvalue weighted by Gasteiger charge is -2.18. The second-order valence-electron chi connectivity index (χ2n) is 6.70. The minimum atomic E-state index is -0.239. The molecule has 2 heterocycles. The number of carbonyl (C=O) groups excluding carboxylic acids is 1. The van der Waals surface area contributed by atoms with Gasteiger partial charge in [0.05, 0.1) is 6.04 Å². The van der Waals surface area contributed by atoms with Crippen LogP contribution in [0.3, 0.4) is 0 Å². The summed E-state index contributed by atoms with van der Waals surface area (Å²) in [6.45, 7) is 10.0. The zero-order valence-electron chi connectivity index (χ0n) is 14.7. The third-order valence-electron chi connectivity index (χ3n) is 4.18. The number of fused-ring (bicyclic) bond motifs is 1. The van der Waals surface area contributed by atoms with E-state index >= 15 is 0 Å². The van der Waals surface area contributed by atoms with Gasteiger partial charge in [-0.3, -0.25) is 9.89 Å². The molecule has 6 heteroatoms. The van der Waals surface area contributed by atoms with Crippen LogP contribution in [-0.4, -0.2) is 26.1 Å². The largest absolute Gasteiger partial charge is 0.351 e. The molecule has 0 radical (unpaired) electrons. The molecule has 0 spiro atoms. The third-order valence-corrected chi connectivity index (χ3v) is 4.18. The van der Waals surface area contributed by atoms with Crippen molar-refractivity contribution in [2.75, 3.05) is 0 Å². The first-order valence-electron chi connectivity index (χ1n) is 8.15. The fraction of sp³-hybridized carbons (Fsp3) is 0.389. The number of hydrogen-bond donors (Lipinski definition) is 3. The molecule has 0 unspecified atom stereocenters. The maximum Gasteiger partial charge on any atom is 0.268 e. The van der Waals surface area contributed by atoms with Gasteiger partial charge in [-0.2, -0.15) is 5.10 Å². The highest BCUT2D eigenvalue weighted by Crippen LogP contribution is 2.23. The van der Waals surface area contributed by atoms with Gasteiger partial charge in [-0.25, -0.2) is 4.98 Å². The van der Waals surface area contributed by atoms with Crippen LogP contribution in [0.25, 0.3) is 10.9 Å². The van der Waals surface area contributed by atoms with Crippen molar-refractivity contribution in [1.82, 2.24) is 25.5 Å². The van der Waals surface area contributed by atoms with E-state index in [9.17, 15) is 4.79 Å². The van der Waals surface area contributed by atoms with Gasteiger partial charge in [0, 0.05) is 10.9 Å². The molecule has 3 rings (SSSR count). The molecule has 3 N–H and O–H groups in total. The third kappa shape index (κ3) is 3.04. The van der Waals surface area contributed by atoms with E-state index in [1.54, 1.807) is 0 Å². The first-order valence-corrected chi connectivity index (χ1v) is 8.15. The molecule has 24 heavy (non-hydrogen) atoms. The SMILES string of the molecule is Cc1cc(C)c2cc(C(=O)N[C@@H](c3n[nH]c(C)n3)C(C)C)[nH]c2c1. The van der Waals surface area contributed by atoms with E-state index in [1.165, 1.54) is 5.56 Å². The molecule has 0 saturated carbocycles. The van der Waals surface area contributed by atoms with Crippen molar-refractivity contribution >= 4 is 16.8 Å². The summed E-state index contributed by atoms with van der Waals surface area (Å²) in [4.78, 5) is 20.3. The minimum Gasteiger partial charge on any atom is -0.351 e. The lowest BCUT2D eigenvalue weighted by molar-refractivity contribution is 0.0919. The summed E-state index contributed by atoms with van der Waals surface area (Å²) in [5.41, 5.74) is 3.86. The van der Waals surface area contributed by atoms with Crippen molar-refractivity contribution in [3.63, 3.8) is 0 Å². The highest BCUT2D eigenvalue weighted by molar-refractivity contribution is 5.99. The standard InChI is InChI=1S/C18H23N5O/c1-9(2)16(17-19-12(5)22-23-17)21-18(24)15-8-13-11(4)6-10(3)7-14(13)20-15/h6-9,16,20H,1-5H3,(H,21,24)(H,19,22,23)/t16-/m1/s1. The minimum absolute atomic E-state index is 0.149. The lowest BCUT2D eigenvalue weighted by atomic mass is 10.0. The van der Waals surface area contributed by atoms with Gasteiger partial charge in [-0.15, -0.1) is 0 Å². The van der Waals surface area contributed by atoms with Crippen molar-refractivity contribution < 1.29 is 4.79 Å². The number of carbonyl (C=O) groups is 1. The molecule has 0 aliphatic carbocycles. The van der Waals surface area contributed by atoms with Gasteiger partial charge < -0.3 is 10.3 Å². The Morgan fingerprint density at radius 1 is 1.17 bits per heavy atom. The molecule has 1 amide bonds. The van der Waals surface area contributed by atoms with Crippen LogP contribution in [0, 0.1) is 26.7 Å². The molecule has 2 aromatic heterocycles. The van der Waals surface area contributed by atoms with Crippen LogP contribution in [0.5, 0.6) is 0 Å². The first-order chi connectivity index (χ1) is 11.3. The molecule has 0 bridgehead atoms. The average Bonchev–Trinajstić information content (AvgIpc) is 3.10. The predicted molar refractivity (Wildman–Crippen MR) is 93.9 cm³/mol. The van der Waals surface area contributed by atoms with E-state index in [0.717, 1.165) is 22.3 Å². The maximum atomic E-state index is 12.7. The van der Waals surface area contributed by atoms with Gasteiger partial charge >= 0.3 is 0 Å². The van der Waals surface area contributed by atoms with E-state index in [-0.39, 0.29) is 17.9 Å². The maximum absolute atomic E-state index is 12.7. The Hall–Kier alpha value is -2.63. The fourth-order valence-corrected chi connectivity index (χ4v) is 2.97. The normalized spacial score (nSPS) is 12.8. The van der Waals surface area contributed by atoms with Crippen molar-refractivity contribution in [3.8, 4) is 0 Å². The molecular formula is C18H23N5O. The highest BCUT2D eigenvalue weighted by Gasteiger charge is 2.23. The molecule has 6 nitrogen and oxygen atoms in total. The van der Waals surface area contributed by atoms with Crippen LogP contribution < -0.4 is 5.32 Å². The second kappa shape index (κ2) is 6.11. The zero-order chi connectivity index (χ0) is 17.4. The van der Waals surface area contributed by atoms with Crippen LogP contribution in [0.2, 0.25) is 0 Å². The van der Waals surface area contributed by atoms with E-state index in [2.05, 4.69) is 44.5 Å². The van der Waals surface area contributed by atoms with E-state index in [0.29, 0.717) is 11.5 Å². The summed E-state index contributed by atoms with van der Waals surface area (Å²) >= 11 is 0. The van der Waals surface area contributed by atoms with E-state index < -0.39 is 0 Å². The Morgan fingerprint density at radius 2 is 1.92 bits per heavy atom. The van der Waals surface area contributed by atoms with Crippen LogP contribution in [0.4, 0.5) is 0 Å². The summed E-state index contributed by atoms with van der Waals surface area (Å²) in [5, 5.41) is 11.1. The van der Waals surface area contributed by atoms with Gasteiger partial charge in [-0.1, -0.05) is 19.9 Å². The van der Waals surface area contributed by atoms with Crippen LogP contribution >= 0.6 is 0 Å². The fourth-order valence-electron chi connectivity index (χ4n) is 2.97. The summed E-state index contributed by atoms with van der Waals surface area (Å²) in [7, 11) is 0. The number of hydrogen-bond acceptors (Lipinski definition) is 3. The number of benzene rings is 1. The first kappa shape index (κ1) is 16.2. The number of aryl methyl sites for hydroxylation is 3. The van der Waals surface area contributed by atoms with Gasteiger partial charge in [0.15, 0.2) is 5.82 Å². The molecular weight excluding hydrogens is 302 g/mol. The smallest absolute Gasteiger partial charge is 0.268 e. The number of nitrogens with zero attached hydrogens (tertiary/aromatic N) is 2. The topological polar surface area (TPSA) is 86.5 Å². The Kier molecular flexibility index (Phi) is 4.13. The number of aromatic amines is 2. The van der Waals surface area contributed by atoms with Crippen molar-refractivity contribution in [3.05, 3.63) is 46.7 Å². The van der Waals surface area contributed by atoms with E-state index in [1.807, 2.05) is 33.8 Å². The van der Waals surface area contributed by atoms with Crippen molar-refractivity contribution in [2.24, 2.45) is 5.92 Å². The van der Waals surface area contributed by atoms with Gasteiger partial charge in [0.2, 0.25) is 0 Å². The zero-order valence-corrected chi connectivity index (χ0v) is 14.7. The highest BCUT2D eigenvalue weighted by atomic mass is 16.2.